The first-order valence-corrected chi connectivity index (χ1v) is 11.0. The van der Waals surface area contributed by atoms with E-state index >= 15 is 0 Å². The molecule has 0 atom stereocenters. The number of benzene rings is 2. The van der Waals surface area contributed by atoms with Gasteiger partial charge < -0.3 is 9.32 Å². The molecule has 0 fully saturated rings. The van der Waals surface area contributed by atoms with Crippen LogP contribution in [-0.4, -0.2) is 43.9 Å². The minimum absolute atomic E-state index is 0.00213. The van der Waals surface area contributed by atoms with E-state index in [0.29, 0.717) is 35.3 Å². The van der Waals surface area contributed by atoms with Gasteiger partial charge >= 0.3 is 0 Å². The highest BCUT2D eigenvalue weighted by Crippen LogP contribution is 2.33. The van der Waals surface area contributed by atoms with E-state index in [4.69, 9.17) is 9.52 Å². The number of aryl methyl sites for hydroxylation is 1. The van der Waals surface area contributed by atoms with Crippen LogP contribution in [0.1, 0.15) is 42.1 Å². The molecule has 0 aliphatic rings. The summed E-state index contributed by atoms with van der Waals surface area (Å²) in [5.41, 5.74) is 4.29. The minimum Gasteiger partial charge on any atom is -0.420 e. The van der Waals surface area contributed by atoms with Crippen LogP contribution in [0.4, 0.5) is 4.39 Å². The molecule has 4 rings (SSSR count). The smallest absolute Gasteiger partial charge is 0.266 e. The summed E-state index contributed by atoms with van der Waals surface area (Å²) in [6.45, 7) is 9.05. The molecule has 0 spiro atoms. The van der Waals surface area contributed by atoms with Crippen LogP contribution in [0.25, 0.3) is 28.5 Å². The molecule has 0 saturated heterocycles. The molecule has 7 nitrogen and oxygen atoms in total. The predicted octanol–water partition coefficient (Wildman–Crippen LogP) is 5.22. The fourth-order valence-corrected chi connectivity index (χ4v) is 3.81. The lowest BCUT2D eigenvalue weighted by molar-refractivity contribution is 0.0764. The van der Waals surface area contributed by atoms with Crippen molar-refractivity contribution in [3.63, 3.8) is 0 Å². The normalized spacial score (nSPS) is 11.1. The second-order valence-electron chi connectivity index (χ2n) is 7.80. The first kappa shape index (κ1) is 22.4. The van der Waals surface area contributed by atoms with Gasteiger partial charge in [-0.25, -0.2) is 9.07 Å². The highest BCUT2D eigenvalue weighted by molar-refractivity contribution is 5.94. The van der Waals surface area contributed by atoms with E-state index in [9.17, 15) is 9.18 Å². The lowest BCUT2D eigenvalue weighted by atomic mass is 10.1. The molecule has 0 radical (unpaired) electrons. The summed E-state index contributed by atoms with van der Waals surface area (Å²) in [6, 6.07) is 13.5. The van der Waals surface area contributed by atoms with E-state index in [-0.39, 0.29) is 11.7 Å². The molecule has 2 aromatic heterocycles. The number of rotatable bonds is 7. The largest absolute Gasteiger partial charge is 0.420 e. The van der Waals surface area contributed by atoms with Crippen LogP contribution >= 0.6 is 0 Å². The van der Waals surface area contributed by atoms with Crippen LogP contribution in [0.3, 0.4) is 0 Å². The van der Waals surface area contributed by atoms with Crippen LogP contribution in [0.15, 0.2) is 52.9 Å². The molecule has 8 heteroatoms. The van der Waals surface area contributed by atoms with Crippen molar-refractivity contribution >= 4 is 5.91 Å². The maximum absolute atomic E-state index is 13.5. The van der Waals surface area contributed by atoms with Crippen LogP contribution in [0, 0.1) is 19.7 Å². The van der Waals surface area contributed by atoms with Gasteiger partial charge in [-0.1, -0.05) is 6.92 Å². The Labute approximate surface area is 191 Å². The fourth-order valence-electron chi connectivity index (χ4n) is 3.81. The van der Waals surface area contributed by atoms with Gasteiger partial charge in [0.05, 0.1) is 11.4 Å². The Morgan fingerprint density at radius 1 is 1.03 bits per heavy atom. The molecule has 0 bridgehead atoms. The van der Waals surface area contributed by atoms with Gasteiger partial charge in [0, 0.05) is 36.7 Å². The first-order valence-electron chi connectivity index (χ1n) is 11.0. The summed E-state index contributed by atoms with van der Waals surface area (Å²) < 4.78 is 20.9. The quantitative estimate of drug-likeness (QED) is 0.388. The molecular formula is C25H26FN5O2. The van der Waals surface area contributed by atoms with Crippen molar-refractivity contribution < 1.29 is 13.6 Å². The van der Waals surface area contributed by atoms with Crippen molar-refractivity contribution in [1.29, 1.82) is 0 Å². The molecule has 4 aromatic rings. The van der Waals surface area contributed by atoms with Gasteiger partial charge in [0.25, 0.3) is 11.8 Å². The van der Waals surface area contributed by atoms with Gasteiger partial charge in [-0.3, -0.25) is 4.79 Å². The van der Waals surface area contributed by atoms with Gasteiger partial charge in [-0.15, -0.1) is 10.2 Å². The Balaban J connectivity index is 1.79. The summed E-state index contributed by atoms with van der Waals surface area (Å²) in [5, 5.41) is 12.9. The van der Waals surface area contributed by atoms with E-state index in [0.717, 1.165) is 29.8 Å². The van der Waals surface area contributed by atoms with Crippen LogP contribution in [-0.2, 0) is 0 Å². The number of carbonyl (C=O) groups is 1. The van der Waals surface area contributed by atoms with E-state index in [1.807, 2.05) is 30.9 Å². The average molecular weight is 448 g/mol. The highest BCUT2D eigenvalue weighted by Gasteiger charge is 2.23. The summed E-state index contributed by atoms with van der Waals surface area (Å²) in [6.07, 6.45) is 0.906. The Morgan fingerprint density at radius 3 is 2.30 bits per heavy atom. The van der Waals surface area contributed by atoms with E-state index in [2.05, 4.69) is 17.1 Å². The number of hydrogen-bond donors (Lipinski definition) is 0. The highest BCUT2D eigenvalue weighted by atomic mass is 19.1. The fraction of sp³-hybridized carbons (Fsp3) is 0.280. The number of carbonyl (C=O) groups excluding carboxylic acids is 1. The Kier molecular flexibility index (Phi) is 6.35. The molecule has 2 heterocycles. The van der Waals surface area contributed by atoms with Gasteiger partial charge in [0.15, 0.2) is 0 Å². The topological polar surface area (TPSA) is 77.1 Å². The zero-order valence-electron chi connectivity index (χ0n) is 19.2. The molecule has 0 saturated carbocycles. The van der Waals surface area contributed by atoms with Crippen LogP contribution in [0.5, 0.6) is 0 Å². The molecule has 0 aliphatic heterocycles. The van der Waals surface area contributed by atoms with Crippen molar-refractivity contribution in [2.75, 3.05) is 13.1 Å². The van der Waals surface area contributed by atoms with E-state index in [1.165, 1.54) is 12.1 Å². The summed E-state index contributed by atoms with van der Waals surface area (Å²) >= 11 is 0. The maximum Gasteiger partial charge on any atom is 0.266 e. The van der Waals surface area contributed by atoms with Gasteiger partial charge in [0.2, 0.25) is 5.89 Å². The van der Waals surface area contributed by atoms with Crippen molar-refractivity contribution in [3.8, 4) is 28.5 Å². The van der Waals surface area contributed by atoms with Crippen molar-refractivity contribution in [2.24, 2.45) is 0 Å². The third kappa shape index (κ3) is 4.41. The third-order valence-corrected chi connectivity index (χ3v) is 5.49. The number of halogens is 1. The lowest BCUT2D eigenvalue weighted by Gasteiger charge is -2.20. The molecule has 0 unspecified atom stereocenters. The first-order chi connectivity index (χ1) is 15.9. The third-order valence-electron chi connectivity index (χ3n) is 5.49. The van der Waals surface area contributed by atoms with Crippen LogP contribution in [0.2, 0.25) is 0 Å². The monoisotopic (exact) mass is 447 g/mol. The Bertz CT molecular complexity index is 1260. The summed E-state index contributed by atoms with van der Waals surface area (Å²) in [4.78, 5) is 14.6. The second kappa shape index (κ2) is 9.36. The van der Waals surface area contributed by atoms with E-state index < -0.39 is 0 Å². The average Bonchev–Trinajstić information content (AvgIpc) is 3.40. The lowest BCUT2D eigenvalue weighted by Crippen LogP contribution is -2.31. The number of aromatic nitrogens is 4. The minimum atomic E-state index is -0.312. The van der Waals surface area contributed by atoms with Crippen molar-refractivity contribution in [1.82, 2.24) is 24.9 Å². The molecule has 170 valence electrons. The van der Waals surface area contributed by atoms with E-state index in [1.54, 1.807) is 35.9 Å². The zero-order chi connectivity index (χ0) is 23.5. The van der Waals surface area contributed by atoms with Gasteiger partial charge in [-0.05, 0) is 68.8 Å². The molecule has 33 heavy (non-hydrogen) atoms. The van der Waals surface area contributed by atoms with Crippen LogP contribution < -0.4 is 0 Å². The maximum atomic E-state index is 13.5. The molecular weight excluding hydrogens is 421 g/mol. The molecule has 1 amide bonds. The van der Waals surface area contributed by atoms with Crippen molar-refractivity contribution in [3.05, 3.63) is 71.4 Å². The summed E-state index contributed by atoms with van der Waals surface area (Å²) in [7, 11) is 0. The summed E-state index contributed by atoms with van der Waals surface area (Å²) in [5.74, 6) is 0.471. The molecule has 0 aliphatic carbocycles. The SMILES string of the molecule is CCCN(CC)C(=O)c1ccc(-n2nc(-c3ccc(F)cc3)c(C)c2-c2nnc(C)o2)cc1. The predicted molar refractivity (Wildman–Crippen MR) is 124 cm³/mol. The number of hydrogen-bond acceptors (Lipinski definition) is 5. The number of nitrogens with zero attached hydrogens (tertiary/aromatic N) is 5. The Hall–Kier alpha value is -3.81. The van der Waals surface area contributed by atoms with Crippen molar-refractivity contribution in [2.45, 2.75) is 34.1 Å². The molecule has 0 N–H and O–H groups in total. The van der Waals surface area contributed by atoms with Gasteiger partial charge in [0.1, 0.15) is 11.5 Å². The van der Waals surface area contributed by atoms with Gasteiger partial charge in [-0.2, -0.15) is 5.10 Å². The second-order valence-corrected chi connectivity index (χ2v) is 7.80. The number of amides is 1. The molecule has 2 aromatic carbocycles. The zero-order valence-corrected chi connectivity index (χ0v) is 19.2. The standard InChI is InChI=1S/C25H26FN5O2/c1-5-15-30(6-2)25(32)19-9-13-21(14-10-19)31-23(24-28-27-17(4)33-24)16(3)22(29-31)18-7-11-20(26)12-8-18/h7-14H,5-6,15H2,1-4H3. The Morgan fingerprint density at radius 2 is 1.73 bits per heavy atom.